The summed E-state index contributed by atoms with van der Waals surface area (Å²) in [4.78, 5) is 12.0. The highest BCUT2D eigenvalue weighted by atomic mass is 35.5. The molecule has 4 heteroatoms. The Morgan fingerprint density at radius 2 is 1.26 bits per heavy atom. The average molecular weight is 415 g/mol. The van der Waals surface area contributed by atoms with Crippen LogP contribution in [-0.2, 0) is 4.74 Å². The largest absolute Gasteiger partial charge is 0.462 e. The highest BCUT2D eigenvalue weighted by Crippen LogP contribution is 2.21. The Morgan fingerprint density at radius 3 is 1.74 bits per heavy atom. The first-order chi connectivity index (χ1) is 13.1. The molecule has 0 radical (unpaired) electrons. The van der Waals surface area contributed by atoms with E-state index in [-0.39, 0.29) is 5.97 Å². The number of carbonyl (C=O) groups excluding carboxylic acids is 1. The van der Waals surface area contributed by atoms with Crippen LogP contribution >= 0.6 is 23.2 Å². The van der Waals surface area contributed by atoms with E-state index in [0.29, 0.717) is 22.2 Å². The van der Waals surface area contributed by atoms with Crippen LogP contribution in [0.4, 0.5) is 0 Å². The molecule has 1 aromatic carbocycles. The van der Waals surface area contributed by atoms with Crippen LogP contribution in [0.3, 0.4) is 0 Å². The molecule has 0 saturated heterocycles. The van der Waals surface area contributed by atoms with E-state index in [1.54, 1.807) is 18.2 Å². The lowest BCUT2D eigenvalue weighted by atomic mass is 10.0. The average Bonchev–Trinajstić information content (AvgIpc) is 2.64. The highest BCUT2D eigenvalue weighted by Gasteiger charge is 2.11. The van der Waals surface area contributed by atoms with E-state index >= 15 is 0 Å². The maximum absolute atomic E-state index is 12.0. The second-order valence-corrected chi connectivity index (χ2v) is 8.20. The van der Waals surface area contributed by atoms with Gasteiger partial charge in [-0.25, -0.2) is 4.79 Å². The first kappa shape index (κ1) is 24.3. The SMILES string of the molecule is CCCCCCCCCCCCCCCCOC(=O)c1ccc(Cl)cc1Cl. The summed E-state index contributed by atoms with van der Waals surface area (Å²) in [5.41, 5.74) is 0.381. The molecule has 1 aromatic rings. The summed E-state index contributed by atoms with van der Waals surface area (Å²) < 4.78 is 5.29. The van der Waals surface area contributed by atoms with Crippen LogP contribution < -0.4 is 0 Å². The molecule has 0 atom stereocenters. The number of hydrogen-bond acceptors (Lipinski definition) is 2. The minimum atomic E-state index is -0.369. The van der Waals surface area contributed by atoms with E-state index in [2.05, 4.69) is 6.92 Å². The van der Waals surface area contributed by atoms with Gasteiger partial charge in [-0.05, 0) is 24.6 Å². The molecule has 154 valence electrons. The fourth-order valence-electron chi connectivity index (χ4n) is 3.19. The molecule has 2 nitrogen and oxygen atoms in total. The molecule has 0 unspecified atom stereocenters. The summed E-state index contributed by atoms with van der Waals surface area (Å²) in [7, 11) is 0. The smallest absolute Gasteiger partial charge is 0.339 e. The Kier molecular flexibility index (Phi) is 14.6. The molecule has 0 aliphatic carbocycles. The van der Waals surface area contributed by atoms with E-state index in [0.717, 1.165) is 12.8 Å². The van der Waals surface area contributed by atoms with Crippen LogP contribution in [0.2, 0.25) is 10.0 Å². The zero-order chi connectivity index (χ0) is 19.7. The molecule has 1 rings (SSSR count). The fraction of sp³-hybridized carbons (Fsp3) is 0.696. The van der Waals surface area contributed by atoms with Gasteiger partial charge in [0, 0.05) is 5.02 Å². The van der Waals surface area contributed by atoms with E-state index < -0.39 is 0 Å². The van der Waals surface area contributed by atoms with Crippen molar-refractivity contribution in [3.63, 3.8) is 0 Å². The van der Waals surface area contributed by atoms with Crippen molar-refractivity contribution in [2.75, 3.05) is 6.61 Å². The molecule has 0 aliphatic heterocycles. The van der Waals surface area contributed by atoms with Crippen molar-refractivity contribution in [3.05, 3.63) is 33.8 Å². The summed E-state index contributed by atoms with van der Waals surface area (Å²) in [6.07, 6.45) is 18.4. The molecule has 0 spiro atoms. The molecule has 0 saturated carbocycles. The third kappa shape index (κ3) is 12.4. The first-order valence-corrected chi connectivity index (χ1v) is 11.5. The Hall–Kier alpha value is -0.730. The fourth-order valence-corrected chi connectivity index (χ4v) is 3.68. The Labute approximate surface area is 176 Å². The van der Waals surface area contributed by atoms with Gasteiger partial charge in [-0.1, -0.05) is 114 Å². The van der Waals surface area contributed by atoms with Crippen LogP contribution in [0.25, 0.3) is 0 Å². The summed E-state index contributed by atoms with van der Waals surface area (Å²) in [6.45, 7) is 2.72. The second kappa shape index (κ2) is 16.2. The minimum Gasteiger partial charge on any atom is -0.462 e. The molecule has 0 bridgehead atoms. The van der Waals surface area contributed by atoms with E-state index in [1.807, 2.05) is 0 Å². The van der Waals surface area contributed by atoms with Gasteiger partial charge < -0.3 is 4.74 Å². The monoisotopic (exact) mass is 414 g/mol. The normalized spacial score (nSPS) is 10.9. The van der Waals surface area contributed by atoms with Crippen LogP contribution in [-0.4, -0.2) is 12.6 Å². The lowest BCUT2D eigenvalue weighted by Crippen LogP contribution is -2.07. The zero-order valence-electron chi connectivity index (χ0n) is 16.9. The number of carbonyl (C=O) groups is 1. The molecule has 0 amide bonds. The number of ether oxygens (including phenoxy) is 1. The third-order valence-electron chi connectivity index (χ3n) is 4.88. The Morgan fingerprint density at radius 1 is 0.778 bits per heavy atom. The van der Waals surface area contributed by atoms with Crippen LogP contribution in [0.15, 0.2) is 18.2 Å². The molecule has 0 aromatic heterocycles. The quantitative estimate of drug-likeness (QED) is 0.199. The molecule has 0 N–H and O–H groups in total. The standard InChI is InChI=1S/C23H36Cl2O2/c1-2-3-4-5-6-7-8-9-10-11-12-13-14-15-18-27-23(26)21-17-16-20(24)19-22(21)25/h16-17,19H,2-15,18H2,1H3. The molecule has 0 aliphatic rings. The predicted molar refractivity (Wildman–Crippen MR) is 117 cm³/mol. The summed E-state index contributed by atoms with van der Waals surface area (Å²) in [6, 6.07) is 4.82. The Balaban J connectivity index is 1.88. The maximum atomic E-state index is 12.0. The van der Waals surface area contributed by atoms with Crippen molar-refractivity contribution in [1.29, 1.82) is 0 Å². The van der Waals surface area contributed by atoms with E-state index in [1.165, 1.54) is 77.0 Å². The summed E-state index contributed by atoms with van der Waals surface area (Å²) in [5, 5.41) is 0.858. The van der Waals surface area contributed by atoms with Crippen molar-refractivity contribution in [2.24, 2.45) is 0 Å². The molecule has 27 heavy (non-hydrogen) atoms. The van der Waals surface area contributed by atoms with Gasteiger partial charge in [0.2, 0.25) is 0 Å². The van der Waals surface area contributed by atoms with Gasteiger partial charge in [0.15, 0.2) is 0 Å². The first-order valence-electron chi connectivity index (χ1n) is 10.8. The number of hydrogen-bond donors (Lipinski definition) is 0. The third-order valence-corrected chi connectivity index (χ3v) is 5.43. The summed E-state index contributed by atoms with van der Waals surface area (Å²) >= 11 is 11.8. The van der Waals surface area contributed by atoms with Gasteiger partial charge in [-0.3, -0.25) is 0 Å². The van der Waals surface area contributed by atoms with Crippen molar-refractivity contribution < 1.29 is 9.53 Å². The van der Waals surface area contributed by atoms with Crippen molar-refractivity contribution in [1.82, 2.24) is 0 Å². The Bertz CT molecular complexity index is 517. The van der Waals surface area contributed by atoms with Gasteiger partial charge in [-0.15, -0.1) is 0 Å². The van der Waals surface area contributed by atoms with Gasteiger partial charge >= 0.3 is 5.97 Å². The number of esters is 1. The number of rotatable bonds is 16. The van der Waals surface area contributed by atoms with Gasteiger partial charge in [-0.2, -0.15) is 0 Å². The lowest BCUT2D eigenvalue weighted by molar-refractivity contribution is 0.0498. The topological polar surface area (TPSA) is 26.3 Å². The van der Waals surface area contributed by atoms with Crippen molar-refractivity contribution in [2.45, 2.75) is 96.8 Å². The van der Waals surface area contributed by atoms with Gasteiger partial charge in [0.1, 0.15) is 0 Å². The molecular formula is C23H36Cl2O2. The molecular weight excluding hydrogens is 379 g/mol. The number of unbranched alkanes of at least 4 members (excludes halogenated alkanes) is 13. The molecule has 0 heterocycles. The van der Waals surface area contributed by atoms with Gasteiger partial charge in [0.25, 0.3) is 0 Å². The van der Waals surface area contributed by atoms with Crippen LogP contribution in [0.5, 0.6) is 0 Å². The minimum absolute atomic E-state index is 0.341. The van der Waals surface area contributed by atoms with Crippen molar-refractivity contribution >= 4 is 29.2 Å². The second-order valence-electron chi connectivity index (χ2n) is 7.36. The molecule has 0 fully saturated rings. The van der Waals surface area contributed by atoms with Crippen LogP contribution in [0, 0.1) is 0 Å². The van der Waals surface area contributed by atoms with Crippen molar-refractivity contribution in [3.8, 4) is 0 Å². The predicted octanol–water partition coefficient (Wildman–Crippen LogP) is 8.63. The van der Waals surface area contributed by atoms with E-state index in [9.17, 15) is 4.79 Å². The lowest BCUT2D eigenvalue weighted by Gasteiger charge is -2.07. The number of halogens is 2. The van der Waals surface area contributed by atoms with E-state index in [4.69, 9.17) is 27.9 Å². The van der Waals surface area contributed by atoms with Gasteiger partial charge in [0.05, 0.1) is 17.2 Å². The summed E-state index contributed by atoms with van der Waals surface area (Å²) in [5.74, 6) is -0.369. The highest BCUT2D eigenvalue weighted by molar-refractivity contribution is 6.36. The number of benzene rings is 1. The zero-order valence-corrected chi connectivity index (χ0v) is 18.4. The maximum Gasteiger partial charge on any atom is 0.339 e. The van der Waals surface area contributed by atoms with Crippen LogP contribution in [0.1, 0.15) is 107 Å².